The van der Waals surface area contributed by atoms with Crippen LogP contribution >= 0.6 is 15.9 Å². The summed E-state index contributed by atoms with van der Waals surface area (Å²) in [6, 6.07) is 2.74. The van der Waals surface area contributed by atoms with Crippen molar-refractivity contribution in [3.8, 4) is 0 Å². The topological polar surface area (TPSA) is 17.1 Å². The van der Waals surface area contributed by atoms with Crippen molar-refractivity contribution >= 4 is 21.7 Å². The van der Waals surface area contributed by atoms with Gasteiger partial charge in [0.25, 0.3) is 6.43 Å². The molecule has 0 bridgehead atoms. The molecule has 1 unspecified atom stereocenters. The highest BCUT2D eigenvalue weighted by molar-refractivity contribution is 9.10. The highest BCUT2D eigenvalue weighted by Gasteiger charge is 2.18. The Morgan fingerprint density at radius 1 is 1.40 bits per heavy atom. The summed E-state index contributed by atoms with van der Waals surface area (Å²) in [5.74, 6) is -1.33. The average Bonchev–Trinajstić information content (AvgIpc) is 2.16. The van der Waals surface area contributed by atoms with Crippen LogP contribution in [0.4, 0.5) is 13.2 Å². The lowest BCUT2D eigenvalue weighted by Gasteiger charge is -2.06. The van der Waals surface area contributed by atoms with Gasteiger partial charge in [-0.25, -0.2) is 13.2 Å². The van der Waals surface area contributed by atoms with E-state index in [1.54, 1.807) is 0 Å². The fourth-order valence-corrected chi connectivity index (χ4v) is 1.33. The summed E-state index contributed by atoms with van der Waals surface area (Å²) in [6.07, 6.45) is -2.71. The van der Waals surface area contributed by atoms with Crippen LogP contribution in [0.3, 0.4) is 0 Å². The zero-order valence-electron chi connectivity index (χ0n) is 7.81. The van der Waals surface area contributed by atoms with Gasteiger partial charge in [-0.05, 0) is 19.1 Å². The molecule has 0 N–H and O–H groups in total. The van der Waals surface area contributed by atoms with Gasteiger partial charge in [-0.2, -0.15) is 0 Å². The van der Waals surface area contributed by atoms with Crippen molar-refractivity contribution in [2.45, 2.75) is 18.2 Å². The molecule has 1 aromatic rings. The molecule has 1 atom stereocenters. The molecule has 1 nitrogen and oxygen atoms in total. The summed E-state index contributed by atoms with van der Waals surface area (Å²) in [7, 11) is 0. The van der Waals surface area contributed by atoms with E-state index >= 15 is 0 Å². The number of carbonyl (C=O) groups excluding carboxylic acids is 1. The van der Waals surface area contributed by atoms with Crippen LogP contribution < -0.4 is 0 Å². The van der Waals surface area contributed by atoms with Gasteiger partial charge in [0.1, 0.15) is 5.82 Å². The number of hydrogen-bond acceptors (Lipinski definition) is 1. The monoisotopic (exact) mass is 280 g/mol. The van der Waals surface area contributed by atoms with Crippen molar-refractivity contribution in [3.05, 3.63) is 35.1 Å². The van der Waals surface area contributed by atoms with Crippen LogP contribution in [-0.4, -0.2) is 10.6 Å². The van der Waals surface area contributed by atoms with E-state index in [-0.39, 0.29) is 11.1 Å². The molecule has 0 amide bonds. The molecular formula is C10H8BrF3O. The van der Waals surface area contributed by atoms with Crippen molar-refractivity contribution in [2.75, 3.05) is 0 Å². The quantitative estimate of drug-likeness (QED) is 0.609. The van der Waals surface area contributed by atoms with Crippen molar-refractivity contribution in [1.29, 1.82) is 0 Å². The van der Waals surface area contributed by atoms with Gasteiger partial charge in [0.05, 0.1) is 10.4 Å². The van der Waals surface area contributed by atoms with E-state index in [9.17, 15) is 18.0 Å². The normalized spacial score (nSPS) is 12.9. The molecule has 0 radical (unpaired) electrons. The van der Waals surface area contributed by atoms with Crippen LogP contribution in [0.25, 0.3) is 0 Å². The van der Waals surface area contributed by atoms with Crippen molar-refractivity contribution < 1.29 is 18.0 Å². The average molecular weight is 281 g/mol. The summed E-state index contributed by atoms with van der Waals surface area (Å²) in [6.45, 7) is 1.51. The molecule has 0 aliphatic carbocycles. The van der Waals surface area contributed by atoms with Crippen LogP contribution in [0.15, 0.2) is 18.2 Å². The van der Waals surface area contributed by atoms with Crippen molar-refractivity contribution in [1.82, 2.24) is 0 Å². The molecule has 82 valence electrons. The number of rotatable bonds is 3. The number of ketones is 1. The molecule has 0 aliphatic rings. The van der Waals surface area contributed by atoms with Gasteiger partial charge in [0.15, 0.2) is 5.78 Å². The number of hydrogen-bond donors (Lipinski definition) is 0. The van der Waals surface area contributed by atoms with E-state index in [1.807, 2.05) is 0 Å². The second kappa shape index (κ2) is 4.79. The summed E-state index contributed by atoms with van der Waals surface area (Å²) < 4.78 is 37.8. The van der Waals surface area contributed by atoms with Gasteiger partial charge in [0, 0.05) is 5.56 Å². The predicted octanol–water partition coefficient (Wildman–Crippen LogP) is 3.73. The number of halogens is 4. The number of Topliss-reactive ketones (excluding diaryl/α,β-unsaturated/α-hetero) is 1. The van der Waals surface area contributed by atoms with Gasteiger partial charge in [0.2, 0.25) is 0 Å². The minimum Gasteiger partial charge on any atom is -0.293 e. The van der Waals surface area contributed by atoms with E-state index in [1.165, 1.54) is 6.92 Å². The summed E-state index contributed by atoms with van der Waals surface area (Å²) in [5.41, 5.74) is -0.662. The third-order valence-electron chi connectivity index (χ3n) is 1.87. The Morgan fingerprint density at radius 2 is 2.00 bits per heavy atom. The Balaban J connectivity index is 3.16. The molecule has 0 saturated heterocycles. The highest BCUT2D eigenvalue weighted by Crippen LogP contribution is 2.23. The zero-order valence-corrected chi connectivity index (χ0v) is 9.39. The fourth-order valence-electron chi connectivity index (χ4n) is 1.08. The zero-order chi connectivity index (χ0) is 11.6. The minimum absolute atomic E-state index is 0.308. The van der Waals surface area contributed by atoms with Crippen LogP contribution in [0.5, 0.6) is 0 Å². The predicted molar refractivity (Wildman–Crippen MR) is 54.1 cm³/mol. The molecule has 15 heavy (non-hydrogen) atoms. The lowest BCUT2D eigenvalue weighted by molar-refractivity contribution is 0.0991. The Labute approximate surface area is 93.4 Å². The van der Waals surface area contributed by atoms with Gasteiger partial charge >= 0.3 is 0 Å². The Kier molecular flexibility index (Phi) is 3.90. The second-order valence-electron chi connectivity index (χ2n) is 3.02. The lowest BCUT2D eigenvalue weighted by Crippen LogP contribution is -2.12. The van der Waals surface area contributed by atoms with Gasteiger partial charge in [-0.3, -0.25) is 4.79 Å². The van der Waals surface area contributed by atoms with Crippen molar-refractivity contribution in [2.24, 2.45) is 0 Å². The largest absolute Gasteiger partial charge is 0.293 e. The molecule has 0 fully saturated rings. The Hall–Kier alpha value is -0.840. The summed E-state index contributed by atoms with van der Waals surface area (Å²) in [4.78, 5) is 10.8. The first kappa shape index (κ1) is 12.2. The maximum absolute atomic E-state index is 13.2. The maximum atomic E-state index is 13.2. The Morgan fingerprint density at radius 3 is 2.47 bits per heavy atom. The molecule has 1 aromatic carbocycles. The van der Waals surface area contributed by atoms with E-state index < -0.39 is 22.9 Å². The summed E-state index contributed by atoms with van der Waals surface area (Å²) in [5, 5.41) is 0. The van der Waals surface area contributed by atoms with Crippen LogP contribution in [0.2, 0.25) is 0 Å². The van der Waals surface area contributed by atoms with Crippen LogP contribution in [0.1, 0.15) is 29.3 Å². The molecule has 1 rings (SSSR count). The standard InChI is InChI=1S/C10H8BrF3O/c1-5(11)9(15)7-4-6(10(13)14)2-3-8(7)12/h2-5,10H,1H3. The molecule has 5 heteroatoms. The third kappa shape index (κ3) is 2.81. The maximum Gasteiger partial charge on any atom is 0.263 e. The lowest BCUT2D eigenvalue weighted by atomic mass is 10.1. The molecule has 0 saturated carbocycles. The fraction of sp³-hybridized carbons (Fsp3) is 0.300. The first-order chi connectivity index (χ1) is 6.93. The minimum atomic E-state index is -2.71. The molecule has 0 spiro atoms. The van der Waals surface area contributed by atoms with E-state index in [0.29, 0.717) is 0 Å². The van der Waals surface area contributed by atoms with Gasteiger partial charge in [-0.1, -0.05) is 22.0 Å². The number of carbonyl (C=O) groups is 1. The van der Waals surface area contributed by atoms with Gasteiger partial charge < -0.3 is 0 Å². The first-order valence-electron chi connectivity index (χ1n) is 4.19. The second-order valence-corrected chi connectivity index (χ2v) is 4.39. The smallest absolute Gasteiger partial charge is 0.263 e. The molecule has 0 aliphatic heterocycles. The van der Waals surface area contributed by atoms with Crippen molar-refractivity contribution in [3.63, 3.8) is 0 Å². The van der Waals surface area contributed by atoms with Crippen LogP contribution in [-0.2, 0) is 0 Å². The van der Waals surface area contributed by atoms with E-state index in [0.717, 1.165) is 18.2 Å². The highest BCUT2D eigenvalue weighted by atomic mass is 79.9. The molecular weight excluding hydrogens is 273 g/mol. The summed E-state index contributed by atoms with van der Waals surface area (Å²) >= 11 is 2.97. The Bertz CT molecular complexity index is 377. The number of alkyl halides is 3. The molecule has 0 aromatic heterocycles. The van der Waals surface area contributed by atoms with Gasteiger partial charge in [-0.15, -0.1) is 0 Å². The first-order valence-corrected chi connectivity index (χ1v) is 5.11. The van der Waals surface area contributed by atoms with E-state index in [4.69, 9.17) is 0 Å². The number of benzene rings is 1. The SMILES string of the molecule is CC(Br)C(=O)c1cc(C(F)F)ccc1F. The third-order valence-corrected chi connectivity index (χ3v) is 2.28. The van der Waals surface area contributed by atoms with Crippen LogP contribution in [0, 0.1) is 5.82 Å². The van der Waals surface area contributed by atoms with E-state index in [2.05, 4.69) is 15.9 Å². The molecule has 0 heterocycles.